The molecular weight excluding hydrogens is 357 g/mol. The number of morpholine rings is 1. The highest BCUT2D eigenvalue weighted by atomic mass is 19.1. The lowest BCUT2D eigenvalue weighted by Gasteiger charge is -2.32. The van der Waals surface area contributed by atoms with Gasteiger partial charge in [-0.3, -0.25) is 9.48 Å². The number of carbonyl (C=O) groups excluding carboxylic acids is 1. The van der Waals surface area contributed by atoms with Gasteiger partial charge in [-0.15, -0.1) is 0 Å². The fourth-order valence-corrected chi connectivity index (χ4v) is 3.51. The molecular formula is C22H22FN3O2. The number of hydrogen-bond donors (Lipinski definition) is 0. The van der Waals surface area contributed by atoms with Gasteiger partial charge >= 0.3 is 0 Å². The van der Waals surface area contributed by atoms with Crippen LogP contribution in [0, 0.1) is 12.7 Å². The minimum Gasteiger partial charge on any atom is -0.370 e. The first-order valence-electron chi connectivity index (χ1n) is 9.29. The number of aromatic nitrogens is 2. The van der Waals surface area contributed by atoms with E-state index >= 15 is 0 Å². The molecule has 0 radical (unpaired) electrons. The third-order valence-corrected chi connectivity index (χ3v) is 5.08. The van der Waals surface area contributed by atoms with Crippen LogP contribution in [0.1, 0.15) is 27.7 Å². The van der Waals surface area contributed by atoms with Crippen molar-refractivity contribution < 1.29 is 13.9 Å². The van der Waals surface area contributed by atoms with Crippen molar-refractivity contribution in [2.45, 2.75) is 13.0 Å². The molecule has 1 saturated heterocycles. The van der Waals surface area contributed by atoms with E-state index in [2.05, 4.69) is 5.10 Å². The summed E-state index contributed by atoms with van der Waals surface area (Å²) in [7, 11) is 1.79. The third kappa shape index (κ3) is 3.55. The predicted octanol–water partition coefficient (Wildman–Crippen LogP) is 3.75. The number of amides is 1. The van der Waals surface area contributed by atoms with Crippen molar-refractivity contribution in [3.05, 3.63) is 77.2 Å². The van der Waals surface area contributed by atoms with E-state index in [0.29, 0.717) is 31.0 Å². The van der Waals surface area contributed by atoms with Crippen LogP contribution in [-0.4, -0.2) is 40.3 Å². The maximum absolute atomic E-state index is 13.6. The molecule has 28 heavy (non-hydrogen) atoms. The first-order chi connectivity index (χ1) is 13.5. The molecule has 2 aromatic carbocycles. The Morgan fingerprint density at radius 1 is 1.18 bits per heavy atom. The van der Waals surface area contributed by atoms with E-state index in [-0.39, 0.29) is 17.8 Å². The van der Waals surface area contributed by atoms with E-state index in [0.717, 1.165) is 16.8 Å². The molecule has 144 valence electrons. The van der Waals surface area contributed by atoms with Crippen LogP contribution in [0.3, 0.4) is 0 Å². The predicted molar refractivity (Wildman–Crippen MR) is 104 cm³/mol. The minimum absolute atomic E-state index is 0.120. The maximum atomic E-state index is 13.6. The highest BCUT2D eigenvalue weighted by molar-refractivity contribution is 5.93. The lowest BCUT2D eigenvalue weighted by Crippen LogP contribution is -2.42. The third-order valence-electron chi connectivity index (χ3n) is 5.08. The van der Waals surface area contributed by atoms with Crippen molar-refractivity contribution in [1.29, 1.82) is 0 Å². The van der Waals surface area contributed by atoms with Crippen molar-refractivity contribution in [2.24, 2.45) is 7.05 Å². The minimum atomic E-state index is -0.248. The molecule has 0 N–H and O–H groups in total. The molecule has 1 amide bonds. The van der Waals surface area contributed by atoms with Gasteiger partial charge in [0.25, 0.3) is 5.91 Å². The zero-order chi connectivity index (χ0) is 19.7. The number of aryl methyl sites for hydroxylation is 2. The van der Waals surface area contributed by atoms with E-state index in [1.165, 1.54) is 6.07 Å². The zero-order valence-electron chi connectivity index (χ0n) is 15.9. The van der Waals surface area contributed by atoms with Gasteiger partial charge in [-0.25, -0.2) is 4.39 Å². The lowest BCUT2D eigenvalue weighted by molar-refractivity contribution is -0.0230. The molecule has 1 aromatic heterocycles. The first kappa shape index (κ1) is 18.4. The highest BCUT2D eigenvalue weighted by Crippen LogP contribution is 2.25. The molecule has 0 spiro atoms. The van der Waals surface area contributed by atoms with E-state index in [9.17, 15) is 9.18 Å². The summed E-state index contributed by atoms with van der Waals surface area (Å²) in [5.41, 5.74) is 3.61. The van der Waals surface area contributed by atoms with Crippen LogP contribution in [0.25, 0.3) is 11.3 Å². The van der Waals surface area contributed by atoms with Gasteiger partial charge in [0.05, 0.1) is 18.8 Å². The van der Waals surface area contributed by atoms with Gasteiger partial charge in [0.2, 0.25) is 0 Å². The Balaban J connectivity index is 1.56. The van der Waals surface area contributed by atoms with Crippen LogP contribution in [-0.2, 0) is 11.8 Å². The van der Waals surface area contributed by atoms with Gasteiger partial charge < -0.3 is 9.64 Å². The average Bonchev–Trinajstić information content (AvgIpc) is 3.12. The summed E-state index contributed by atoms with van der Waals surface area (Å²) >= 11 is 0. The lowest BCUT2D eigenvalue weighted by atomic mass is 10.1. The molecule has 0 aliphatic carbocycles. The van der Waals surface area contributed by atoms with Gasteiger partial charge in [-0.1, -0.05) is 30.3 Å². The Bertz CT molecular complexity index is 1000. The Kier molecular flexibility index (Phi) is 4.96. The van der Waals surface area contributed by atoms with Crippen molar-refractivity contribution in [3.8, 4) is 11.3 Å². The fourth-order valence-electron chi connectivity index (χ4n) is 3.51. The molecule has 1 aliphatic rings. The summed E-state index contributed by atoms with van der Waals surface area (Å²) in [5.74, 6) is -0.368. The number of halogens is 1. The Morgan fingerprint density at radius 3 is 2.71 bits per heavy atom. The van der Waals surface area contributed by atoms with Gasteiger partial charge in [0.1, 0.15) is 11.9 Å². The van der Waals surface area contributed by atoms with Crippen LogP contribution >= 0.6 is 0 Å². The molecule has 0 saturated carbocycles. The first-order valence-corrected chi connectivity index (χ1v) is 9.29. The smallest absolute Gasteiger partial charge is 0.274 e. The van der Waals surface area contributed by atoms with Gasteiger partial charge in [0.15, 0.2) is 5.69 Å². The highest BCUT2D eigenvalue weighted by Gasteiger charge is 2.28. The Hall–Kier alpha value is -2.99. The quantitative estimate of drug-likeness (QED) is 0.696. The van der Waals surface area contributed by atoms with Crippen molar-refractivity contribution in [3.63, 3.8) is 0 Å². The van der Waals surface area contributed by atoms with E-state index in [1.54, 1.807) is 41.8 Å². The topological polar surface area (TPSA) is 47.4 Å². The van der Waals surface area contributed by atoms with Gasteiger partial charge in [0, 0.05) is 19.2 Å². The molecule has 1 aliphatic heterocycles. The summed E-state index contributed by atoms with van der Waals surface area (Å²) < 4.78 is 21.1. The molecule has 6 heteroatoms. The monoisotopic (exact) mass is 379 g/mol. The van der Waals surface area contributed by atoms with Crippen LogP contribution in [0.2, 0.25) is 0 Å². The Labute approximate surface area is 163 Å². The SMILES string of the molecule is Cc1cc(-c2cc(C(=O)N3CCOC(c4ccccc4)C3)nn2C)ccc1F. The molecule has 5 nitrogen and oxygen atoms in total. The summed E-state index contributed by atoms with van der Waals surface area (Å²) in [4.78, 5) is 14.8. The standard InChI is InChI=1S/C22H22FN3O2/c1-15-12-17(8-9-18(15)23)20-13-19(24-25(20)2)22(27)26-10-11-28-21(14-26)16-6-4-3-5-7-16/h3-9,12-13,21H,10-11,14H2,1-2H3. The van der Waals surface area contributed by atoms with E-state index in [4.69, 9.17) is 4.74 Å². The molecule has 2 heterocycles. The normalized spacial score (nSPS) is 17.0. The second kappa shape index (κ2) is 7.56. The van der Waals surface area contributed by atoms with Crippen LogP contribution in [0.5, 0.6) is 0 Å². The molecule has 0 bridgehead atoms. The Morgan fingerprint density at radius 2 is 1.96 bits per heavy atom. The van der Waals surface area contributed by atoms with Crippen molar-refractivity contribution in [1.82, 2.24) is 14.7 Å². The average molecular weight is 379 g/mol. The number of nitrogens with zero attached hydrogens (tertiary/aromatic N) is 3. The molecule has 1 fully saturated rings. The van der Waals surface area contributed by atoms with Gasteiger partial charge in [-0.05, 0) is 42.3 Å². The number of carbonyl (C=O) groups is 1. The fraction of sp³-hybridized carbons (Fsp3) is 0.273. The number of ether oxygens (including phenoxy) is 1. The second-order valence-corrected chi connectivity index (χ2v) is 7.02. The van der Waals surface area contributed by atoms with E-state index in [1.807, 2.05) is 30.3 Å². The summed E-state index contributed by atoms with van der Waals surface area (Å²) in [6, 6.07) is 16.6. The molecule has 3 aromatic rings. The second-order valence-electron chi connectivity index (χ2n) is 7.02. The largest absolute Gasteiger partial charge is 0.370 e. The number of benzene rings is 2. The molecule has 1 unspecified atom stereocenters. The van der Waals surface area contributed by atoms with Crippen LogP contribution in [0.4, 0.5) is 4.39 Å². The molecule has 4 rings (SSSR count). The summed E-state index contributed by atoms with van der Waals surface area (Å²) in [6.45, 7) is 3.23. The van der Waals surface area contributed by atoms with Crippen LogP contribution < -0.4 is 0 Å². The van der Waals surface area contributed by atoms with Gasteiger partial charge in [-0.2, -0.15) is 5.10 Å². The number of rotatable bonds is 3. The number of hydrogen-bond acceptors (Lipinski definition) is 3. The van der Waals surface area contributed by atoms with Crippen molar-refractivity contribution >= 4 is 5.91 Å². The summed E-state index contributed by atoms with van der Waals surface area (Å²) in [6.07, 6.45) is -0.137. The summed E-state index contributed by atoms with van der Waals surface area (Å²) in [5, 5.41) is 4.40. The van der Waals surface area contributed by atoms with E-state index < -0.39 is 0 Å². The maximum Gasteiger partial charge on any atom is 0.274 e. The zero-order valence-corrected chi connectivity index (χ0v) is 15.9. The van der Waals surface area contributed by atoms with Crippen molar-refractivity contribution in [2.75, 3.05) is 19.7 Å². The molecule has 1 atom stereocenters. The van der Waals surface area contributed by atoms with Crippen LogP contribution in [0.15, 0.2) is 54.6 Å².